The van der Waals surface area contributed by atoms with E-state index in [1.807, 2.05) is 19.1 Å². The molecule has 6 nitrogen and oxygen atoms in total. The first-order valence-electron chi connectivity index (χ1n) is 9.06. The molecule has 1 amide bonds. The van der Waals surface area contributed by atoms with Gasteiger partial charge in [-0.05, 0) is 54.3 Å². The van der Waals surface area contributed by atoms with Crippen molar-refractivity contribution < 1.29 is 28.2 Å². The Morgan fingerprint density at radius 3 is 2.79 bits per heavy atom. The monoisotopic (exact) mass is 415 g/mol. The number of nitrogens with zero attached hydrogens (tertiary/aromatic N) is 1. The van der Waals surface area contributed by atoms with Gasteiger partial charge in [0.15, 0.2) is 18.1 Å². The summed E-state index contributed by atoms with van der Waals surface area (Å²) in [6.07, 6.45) is 0. The lowest BCUT2D eigenvalue weighted by Gasteiger charge is -2.21. The number of rotatable bonds is 6. The molecule has 0 N–H and O–H groups in total. The molecule has 2 heterocycles. The van der Waals surface area contributed by atoms with E-state index in [-0.39, 0.29) is 25.1 Å². The minimum Gasteiger partial charge on any atom is -0.454 e. The van der Waals surface area contributed by atoms with Crippen molar-refractivity contribution in [1.29, 1.82) is 0 Å². The van der Waals surface area contributed by atoms with Crippen LogP contribution in [-0.4, -0.2) is 36.7 Å². The van der Waals surface area contributed by atoms with Crippen molar-refractivity contribution in [3.63, 3.8) is 0 Å². The minimum absolute atomic E-state index is 0.190. The second kappa shape index (κ2) is 8.08. The Morgan fingerprint density at radius 1 is 1.14 bits per heavy atom. The number of carbonyl (C=O) groups is 2. The smallest absolute Gasteiger partial charge is 0.348 e. The van der Waals surface area contributed by atoms with Crippen LogP contribution in [0.25, 0.3) is 10.1 Å². The van der Waals surface area contributed by atoms with Crippen LogP contribution in [0.15, 0.2) is 42.5 Å². The molecule has 150 valence electrons. The fourth-order valence-electron chi connectivity index (χ4n) is 3.04. The molecule has 0 atom stereocenters. The van der Waals surface area contributed by atoms with Crippen LogP contribution in [0.4, 0.5) is 4.39 Å². The minimum atomic E-state index is -0.598. The molecule has 0 saturated carbocycles. The Bertz CT molecular complexity index is 1080. The number of ether oxygens (including phenoxy) is 3. The zero-order chi connectivity index (χ0) is 20.4. The van der Waals surface area contributed by atoms with E-state index in [2.05, 4.69) is 0 Å². The lowest BCUT2D eigenvalue weighted by atomic mass is 10.2. The lowest BCUT2D eigenvalue weighted by Crippen LogP contribution is -2.34. The molecular weight excluding hydrogens is 397 g/mol. The highest BCUT2D eigenvalue weighted by Gasteiger charge is 2.19. The summed E-state index contributed by atoms with van der Waals surface area (Å²) in [5.74, 6) is 0.0659. The SMILES string of the molecule is CCN(Cc1ccc2c(c1)OCO2)C(=O)COC(=O)c1cc2cc(F)ccc2s1. The van der Waals surface area contributed by atoms with E-state index in [0.717, 1.165) is 10.3 Å². The van der Waals surface area contributed by atoms with Crippen molar-refractivity contribution in [3.05, 3.63) is 58.7 Å². The molecule has 0 saturated heterocycles. The predicted octanol–water partition coefficient (Wildman–Crippen LogP) is 3.97. The normalized spacial score (nSPS) is 12.2. The number of halogens is 1. The first-order chi connectivity index (χ1) is 14.0. The number of hydrogen-bond donors (Lipinski definition) is 0. The first kappa shape index (κ1) is 19.2. The van der Waals surface area contributed by atoms with E-state index in [1.165, 1.54) is 23.5 Å². The fourth-order valence-corrected chi connectivity index (χ4v) is 3.98. The van der Waals surface area contributed by atoms with Gasteiger partial charge in [0.05, 0.1) is 0 Å². The molecular formula is C21H18FNO5S. The number of fused-ring (bicyclic) bond motifs is 2. The summed E-state index contributed by atoms with van der Waals surface area (Å²) in [7, 11) is 0. The summed E-state index contributed by atoms with van der Waals surface area (Å²) < 4.78 is 29.9. The van der Waals surface area contributed by atoms with Gasteiger partial charge in [0.1, 0.15) is 10.7 Å². The number of amides is 1. The molecule has 0 aliphatic carbocycles. The van der Waals surface area contributed by atoms with Crippen LogP contribution in [-0.2, 0) is 16.1 Å². The summed E-state index contributed by atoms with van der Waals surface area (Å²) >= 11 is 1.20. The molecule has 2 aromatic carbocycles. The number of carbonyl (C=O) groups excluding carboxylic acids is 2. The number of hydrogen-bond acceptors (Lipinski definition) is 6. The number of esters is 1. The first-order valence-corrected chi connectivity index (χ1v) is 9.87. The summed E-state index contributed by atoms with van der Waals surface area (Å²) in [6.45, 7) is 2.52. The average Bonchev–Trinajstić information content (AvgIpc) is 3.35. The van der Waals surface area contributed by atoms with Gasteiger partial charge in [-0.15, -0.1) is 11.3 Å². The molecule has 1 aliphatic rings. The molecule has 29 heavy (non-hydrogen) atoms. The Morgan fingerprint density at radius 2 is 1.97 bits per heavy atom. The van der Waals surface area contributed by atoms with Crippen LogP contribution in [0, 0.1) is 5.82 Å². The van der Waals surface area contributed by atoms with Crippen LogP contribution >= 0.6 is 11.3 Å². The third-order valence-corrected chi connectivity index (χ3v) is 5.65. The largest absolute Gasteiger partial charge is 0.454 e. The predicted molar refractivity (Wildman–Crippen MR) is 106 cm³/mol. The van der Waals surface area contributed by atoms with Crippen LogP contribution in [0.1, 0.15) is 22.2 Å². The standard InChI is InChI=1S/C21H18FNO5S/c1-2-23(10-13-3-5-16-17(7-13)28-12-27-16)20(24)11-26-21(25)19-9-14-8-15(22)4-6-18(14)29-19/h3-9H,2,10-12H2,1H3. The molecule has 1 aliphatic heterocycles. The van der Waals surface area contributed by atoms with Crippen molar-refractivity contribution in [2.24, 2.45) is 0 Å². The second-order valence-corrected chi connectivity index (χ2v) is 7.55. The van der Waals surface area contributed by atoms with Gasteiger partial charge in [-0.1, -0.05) is 6.07 Å². The molecule has 8 heteroatoms. The average molecular weight is 415 g/mol. The van der Waals surface area contributed by atoms with Crippen molar-refractivity contribution >= 4 is 33.3 Å². The summed E-state index contributed by atoms with van der Waals surface area (Å²) in [4.78, 5) is 26.7. The summed E-state index contributed by atoms with van der Waals surface area (Å²) in [6, 6.07) is 11.4. The van der Waals surface area contributed by atoms with Gasteiger partial charge >= 0.3 is 5.97 Å². The van der Waals surface area contributed by atoms with Crippen molar-refractivity contribution in [3.8, 4) is 11.5 Å². The summed E-state index contributed by atoms with van der Waals surface area (Å²) in [5, 5.41) is 0.631. The van der Waals surface area contributed by atoms with Crippen LogP contribution in [0.5, 0.6) is 11.5 Å². The highest BCUT2D eigenvalue weighted by atomic mass is 32.1. The second-order valence-electron chi connectivity index (χ2n) is 6.46. The van der Waals surface area contributed by atoms with Gasteiger partial charge in [-0.3, -0.25) is 4.79 Å². The Labute approximate surface area is 170 Å². The van der Waals surface area contributed by atoms with E-state index >= 15 is 0 Å². The number of thiophene rings is 1. The van der Waals surface area contributed by atoms with E-state index in [9.17, 15) is 14.0 Å². The Balaban J connectivity index is 1.37. The van der Waals surface area contributed by atoms with Crippen molar-refractivity contribution in [1.82, 2.24) is 4.90 Å². The molecule has 0 spiro atoms. The summed E-state index contributed by atoms with van der Waals surface area (Å²) in [5.41, 5.74) is 0.891. The molecule has 0 fully saturated rings. The molecule has 0 radical (unpaired) electrons. The van der Waals surface area contributed by atoms with E-state index in [0.29, 0.717) is 34.9 Å². The van der Waals surface area contributed by atoms with Gasteiger partial charge in [0, 0.05) is 17.8 Å². The van der Waals surface area contributed by atoms with E-state index < -0.39 is 5.97 Å². The quantitative estimate of drug-likeness (QED) is 0.570. The molecule has 0 unspecified atom stereocenters. The fraction of sp³-hybridized carbons (Fsp3) is 0.238. The van der Waals surface area contributed by atoms with Crippen LogP contribution in [0.2, 0.25) is 0 Å². The molecule has 1 aromatic heterocycles. The number of likely N-dealkylation sites (N-methyl/N-ethyl adjacent to an activating group) is 1. The van der Waals surface area contributed by atoms with Gasteiger partial charge in [0.25, 0.3) is 5.91 Å². The van der Waals surface area contributed by atoms with Gasteiger partial charge in [0.2, 0.25) is 6.79 Å². The zero-order valence-corrected chi connectivity index (χ0v) is 16.5. The Kier molecular flexibility index (Phi) is 5.35. The highest BCUT2D eigenvalue weighted by molar-refractivity contribution is 7.20. The van der Waals surface area contributed by atoms with Crippen LogP contribution < -0.4 is 9.47 Å². The van der Waals surface area contributed by atoms with Crippen molar-refractivity contribution in [2.45, 2.75) is 13.5 Å². The lowest BCUT2D eigenvalue weighted by molar-refractivity contribution is -0.134. The highest BCUT2D eigenvalue weighted by Crippen LogP contribution is 2.33. The Hall–Kier alpha value is -3.13. The van der Waals surface area contributed by atoms with E-state index in [1.54, 1.807) is 23.1 Å². The number of benzene rings is 2. The van der Waals surface area contributed by atoms with Crippen LogP contribution in [0.3, 0.4) is 0 Å². The maximum Gasteiger partial charge on any atom is 0.348 e. The topological polar surface area (TPSA) is 65.1 Å². The third-order valence-electron chi connectivity index (χ3n) is 4.55. The van der Waals surface area contributed by atoms with Gasteiger partial charge in [-0.25, -0.2) is 9.18 Å². The maximum atomic E-state index is 13.3. The van der Waals surface area contributed by atoms with E-state index in [4.69, 9.17) is 14.2 Å². The zero-order valence-electron chi connectivity index (χ0n) is 15.6. The van der Waals surface area contributed by atoms with Gasteiger partial charge < -0.3 is 19.1 Å². The molecule has 3 aromatic rings. The third kappa shape index (κ3) is 4.17. The van der Waals surface area contributed by atoms with Crippen molar-refractivity contribution in [2.75, 3.05) is 19.9 Å². The molecule has 4 rings (SSSR count). The maximum absolute atomic E-state index is 13.3. The molecule has 0 bridgehead atoms. The van der Waals surface area contributed by atoms with Gasteiger partial charge in [-0.2, -0.15) is 0 Å².